The van der Waals surface area contributed by atoms with Crippen molar-refractivity contribution in [2.24, 2.45) is 0 Å². The topological polar surface area (TPSA) is 99.2 Å². The maximum Gasteiger partial charge on any atom is 0.219 e. The number of piperazine rings is 1. The number of rotatable bonds is 4. The minimum Gasteiger partial charge on any atom is -0.389 e. The van der Waals surface area contributed by atoms with Crippen molar-refractivity contribution in [3.05, 3.63) is 0 Å². The Bertz CT molecular complexity index is 475. The van der Waals surface area contributed by atoms with Gasteiger partial charge in [0.1, 0.15) is 0 Å². The third kappa shape index (κ3) is 4.62. The molecule has 0 aromatic carbocycles. The van der Waals surface area contributed by atoms with Gasteiger partial charge in [-0.15, -0.1) is 0 Å². The van der Waals surface area contributed by atoms with Crippen LogP contribution in [0.4, 0.5) is 0 Å². The quantitative estimate of drug-likeness (QED) is 0.611. The lowest BCUT2D eigenvalue weighted by Gasteiger charge is -2.35. The molecule has 21 heavy (non-hydrogen) atoms. The molecule has 0 aliphatic carbocycles. The first-order valence-electron chi connectivity index (χ1n) is 7.01. The van der Waals surface area contributed by atoms with E-state index in [0.717, 1.165) is 19.3 Å². The lowest BCUT2D eigenvalue weighted by molar-refractivity contribution is -0.130. The van der Waals surface area contributed by atoms with Crippen LogP contribution in [0.15, 0.2) is 0 Å². The third-order valence-corrected chi connectivity index (χ3v) is 4.64. The predicted octanol–water partition coefficient (Wildman–Crippen LogP) is -2.17. The zero-order chi connectivity index (χ0) is 15.6. The summed E-state index contributed by atoms with van der Waals surface area (Å²) in [5.41, 5.74) is 0. The first-order chi connectivity index (χ1) is 9.76. The van der Waals surface area contributed by atoms with Gasteiger partial charge in [0.25, 0.3) is 0 Å². The molecular formula is C12H23N3O5S. The Morgan fingerprint density at radius 2 is 1.95 bits per heavy atom. The van der Waals surface area contributed by atoms with Gasteiger partial charge in [-0.1, -0.05) is 0 Å². The second-order valence-electron chi connectivity index (χ2n) is 5.67. The van der Waals surface area contributed by atoms with E-state index in [4.69, 9.17) is 4.74 Å². The highest BCUT2D eigenvalue weighted by molar-refractivity contribution is 7.88. The number of aliphatic hydroxyl groups is 1. The molecule has 0 aromatic heterocycles. The van der Waals surface area contributed by atoms with Gasteiger partial charge < -0.3 is 14.7 Å². The molecule has 8 nitrogen and oxygen atoms in total. The summed E-state index contributed by atoms with van der Waals surface area (Å²) in [6.07, 6.45) is -0.202. The second-order valence-corrected chi connectivity index (χ2v) is 7.45. The fourth-order valence-corrected chi connectivity index (χ4v) is 3.48. The molecule has 2 saturated heterocycles. The Morgan fingerprint density at radius 3 is 2.48 bits per heavy atom. The summed E-state index contributed by atoms with van der Waals surface area (Å²) >= 11 is 0. The summed E-state index contributed by atoms with van der Waals surface area (Å²) in [4.78, 5) is 15.2. The lowest BCUT2D eigenvalue weighted by atomic mass is 10.1. The summed E-state index contributed by atoms with van der Waals surface area (Å²) in [6, 6.07) is -0.594. The van der Waals surface area contributed by atoms with Gasteiger partial charge in [-0.2, -0.15) is 0 Å². The molecule has 1 amide bonds. The molecule has 2 heterocycles. The molecular weight excluding hydrogens is 298 g/mol. The Balaban J connectivity index is 1.81. The highest BCUT2D eigenvalue weighted by Crippen LogP contribution is 2.17. The Kier molecular flexibility index (Phi) is 5.20. The van der Waals surface area contributed by atoms with E-state index in [1.165, 1.54) is 0 Å². The van der Waals surface area contributed by atoms with Crippen molar-refractivity contribution < 1.29 is 23.1 Å². The van der Waals surface area contributed by atoms with E-state index in [1.807, 2.05) is 0 Å². The zero-order valence-electron chi connectivity index (χ0n) is 12.4. The van der Waals surface area contributed by atoms with Crippen molar-refractivity contribution in [1.82, 2.24) is 14.5 Å². The van der Waals surface area contributed by atoms with Crippen molar-refractivity contribution in [2.45, 2.75) is 25.2 Å². The second kappa shape index (κ2) is 6.57. The largest absolute Gasteiger partial charge is 0.389 e. The van der Waals surface area contributed by atoms with E-state index in [0.29, 0.717) is 19.6 Å². The van der Waals surface area contributed by atoms with E-state index in [9.17, 15) is 18.3 Å². The van der Waals surface area contributed by atoms with Gasteiger partial charge in [-0.3, -0.25) is 9.69 Å². The van der Waals surface area contributed by atoms with E-state index < -0.39 is 28.3 Å². The first kappa shape index (κ1) is 16.6. The van der Waals surface area contributed by atoms with Crippen LogP contribution in [0, 0.1) is 0 Å². The number of sulfonamides is 1. The van der Waals surface area contributed by atoms with Crippen LogP contribution in [0.5, 0.6) is 0 Å². The highest BCUT2D eigenvalue weighted by Gasteiger charge is 2.38. The molecule has 3 atom stereocenters. The average molecular weight is 321 g/mol. The van der Waals surface area contributed by atoms with Crippen molar-refractivity contribution in [3.63, 3.8) is 0 Å². The fraction of sp³-hybridized carbons (Fsp3) is 0.917. The van der Waals surface area contributed by atoms with Crippen LogP contribution < -0.4 is 4.72 Å². The molecule has 2 N–H and O–H groups in total. The number of amides is 1. The van der Waals surface area contributed by atoms with Crippen LogP contribution in [0.2, 0.25) is 0 Å². The van der Waals surface area contributed by atoms with Gasteiger partial charge in [0.05, 0.1) is 31.1 Å². The summed E-state index contributed by atoms with van der Waals surface area (Å²) < 4.78 is 30.3. The van der Waals surface area contributed by atoms with Gasteiger partial charge in [-0.25, -0.2) is 13.1 Å². The number of nitrogens with one attached hydrogen (secondary N) is 1. The molecule has 122 valence electrons. The maximum atomic E-state index is 11.3. The lowest BCUT2D eigenvalue weighted by Crippen LogP contribution is -2.52. The van der Waals surface area contributed by atoms with Crippen molar-refractivity contribution >= 4 is 15.9 Å². The summed E-state index contributed by atoms with van der Waals surface area (Å²) in [5.74, 6) is 0.0733. The van der Waals surface area contributed by atoms with Gasteiger partial charge in [-0.05, 0) is 0 Å². The minimum atomic E-state index is -3.36. The predicted molar refractivity (Wildman–Crippen MR) is 76.2 cm³/mol. The van der Waals surface area contributed by atoms with Crippen LogP contribution in [0.1, 0.15) is 6.92 Å². The number of carbonyl (C=O) groups is 1. The Hall–Kier alpha value is -0.740. The molecule has 2 rings (SSSR count). The molecule has 2 fully saturated rings. The van der Waals surface area contributed by atoms with E-state index >= 15 is 0 Å². The minimum absolute atomic E-state index is 0.0733. The van der Waals surface area contributed by atoms with Crippen LogP contribution in [0.25, 0.3) is 0 Å². The van der Waals surface area contributed by atoms with Gasteiger partial charge >= 0.3 is 0 Å². The van der Waals surface area contributed by atoms with Crippen molar-refractivity contribution in [3.8, 4) is 0 Å². The van der Waals surface area contributed by atoms with Gasteiger partial charge in [0, 0.05) is 39.6 Å². The highest BCUT2D eigenvalue weighted by atomic mass is 32.2. The smallest absolute Gasteiger partial charge is 0.219 e. The summed E-state index contributed by atoms with van der Waals surface area (Å²) in [6.45, 7) is 5.07. The molecule has 0 bridgehead atoms. The van der Waals surface area contributed by atoms with Crippen molar-refractivity contribution in [1.29, 1.82) is 0 Å². The summed E-state index contributed by atoms with van der Waals surface area (Å²) in [7, 11) is -3.36. The molecule has 0 spiro atoms. The fourth-order valence-electron chi connectivity index (χ4n) is 2.72. The summed E-state index contributed by atoms with van der Waals surface area (Å²) in [5, 5.41) is 10.1. The maximum absolute atomic E-state index is 11.3. The molecule has 3 unspecified atom stereocenters. The van der Waals surface area contributed by atoms with E-state index in [-0.39, 0.29) is 12.5 Å². The van der Waals surface area contributed by atoms with Gasteiger partial charge in [0.2, 0.25) is 15.9 Å². The van der Waals surface area contributed by atoms with Crippen molar-refractivity contribution in [2.75, 3.05) is 45.6 Å². The van der Waals surface area contributed by atoms with Crippen LogP contribution in [-0.4, -0.2) is 93.1 Å². The normalized spacial score (nSPS) is 31.6. The van der Waals surface area contributed by atoms with Gasteiger partial charge in [0.15, 0.2) is 0 Å². The molecule has 2 aliphatic heterocycles. The zero-order valence-corrected chi connectivity index (χ0v) is 13.2. The number of carbonyl (C=O) groups excluding carboxylic acids is 1. The Labute approximate surface area is 125 Å². The molecule has 0 saturated carbocycles. The number of hydrogen-bond donors (Lipinski definition) is 2. The number of hydrogen-bond acceptors (Lipinski definition) is 6. The first-order valence-corrected chi connectivity index (χ1v) is 8.90. The van der Waals surface area contributed by atoms with Crippen LogP contribution >= 0.6 is 0 Å². The monoisotopic (exact) mass is 321 g/mol. The Morgan fingerprint density at radius 1 is 1.33 bits per heavy atom. The third-order valence-electron chi connectivity index (χ3n) is 3.90. The van der Waals surface area contributed by atoms with E-state index in [1.54, 1.807) is 11.8 Å². The molecule has 0 radical (unpaired) electrons. The van der Waals surface area contributed by atoms with Crippen LogP contribution in [-0.2, 0) is 19.6 Å². The average Bonchev–Trinajstić information content (AvgIpc) is 2.70. The standard InChI is InChI=1S/C12H23N3O5S/c1-9(16)15-5-3-14(4-6-15)7-11-12(17)10(8-20-11)13-21(2,18)19/h10-13,17H,3-8H2,1-2H3. The van der Waals surface area contributed by atoms with E-state index in [2.05, 4.69) is 9.62 Å². The number of nitrogens with zero attached hydrogens (tertiary/aromatic N) is 2. The van der Waals surface area contributed by atoms with Crippen LogP contribution in [0.3, 0.4) is 0 Å². The molecule has 9 heteroatoms. The molecule has 2 aliphatic rings. The number of aliphatic hydroxyl groups excluding tert-OH is 1. The SMILES string of the molecule is CC(=O)N1CCN(CC2OCC(NS(C)(=O)=O)C2O)CC1. The molecule has 0 aromatic rings. The number of ether oxygens (including phenoxy) is 1.